The molecule has 0 atom stereocenters. The number of benzene rings is 2. The van der Waals surface area contributed by atoms with Crippen LogP contribution in [-0.4, -0.2) is 43.9 Å². The molecule has 0 unspecified atom stereocenters. The van der Waals surface area contributed by atoms with Gasteiger partial charge >= 0.3 is 0 Å². The predicted octanol–water partition coefficient (Wildman–Crippen LogP) is 4.60. The summed E-state index contributed by atoms with van der Waals surface area (Å²) in [6.45, 7) is 8.10. The monoisotopic (exact) mass is 419 g/mol. The van der Waals surface area contributed by atoms with Crippen molar-refractivity contribution in [1.29, 1.82) is 0 Å². The second-order valence-corrected chi connectivity index (χ2v) is 8.13. The zero-order chi connectivity index (χ0) is 22.3. The summed E-state index contributed by atoms with van der Waals surface area (Å²) in [4.78, 5) is 6.49. The molecule has 2 aromatic carbocycles. The zero-order valence-corrected chi connectivity index (χ0v) is 18.6. The molecule has 0 spiro atoms. The molecule has 0 aliphatic heterocycles. The summed E-state index contributed by atoms with van der Waals surface area (Å²) in [5.41, 5.74) is 4.63. The summed E-state index contributed by atoms with van der Waals surface area (Å²) in [7, 11) is 3.61. The van der Waals surface area contributed by atoms with E-state index in [0.29, 0.717) is 28.6 Å². The third kappa shape index (κ3) is 3.81. The van der Waals surface area contributed by atoms with Gasteiger partial charge in [0.25, 0.3) is 0 Å². The van der Waals surface area contributed by atoms with Crippen LogP contribution in [0.15, 0.2) is 42.5 Å². The Morgan fingerprint density at radius 3 is 2.42 bits per heavy atom. The quantitative estimate of drug-likeness (QED) is 0.473. The molecule has 0 fully saturated rings. The molecule has 4 aromatic rings. The standard InChI is InChI=1S/C23H26FN7/c1-14(2)30-16(4)21(26-28-30)23-25-22(17-10-11-20(29(5)6)19(24)13-17)27-31(23)18-9-7-8-15(3)12-18/h7-14H,1-6H3. The van der Waals surface area contributed by atoms with Crippen molar-refractivity contribution < 1.29 is 4.39 Å². The molecule has 0 bridgehead atoms. The second kappa shape index (κ2) is 7.94. The van der Waals surface area contributed by atoms with Gasteiger partial charge in [-0.1, -0.05) is 17.3 Å². The molecule has 4 rings (SSSR count). The Hall–Kier alpha value is -3.55. The molecule has 2 aromatic heterocycles. The van der Waals surface area contributed by atoms with E-state index >= 15 is 0 Å². The Balaban J connectivity index is 1.90. The van der Waals surface area contributed by atoms with Crippen LogP contribution in [0.3, 0.4) is 0 Å². The molecule has 0 radical (unpaired) electrons. The topological polar surface area (TPSA) is 64.7 Å². The number of nitrogens with zero attached hydrogens (tertiary/aromatic N) is 7. The van der Waals surface area contributed by atoms with Crippen LogP contribution < -0.4 is 4.90 Å². The second-order valence-electron chi connectivity index (χ2n) is 8.13. The lowest BCUT2D eigenvalue weighted by atomic mass is 10.2. The maximum atomic E-state index is 14.6. The van der Waals surface area contributed by atoms with Gasteiger partial charge in [0.1, 0.15) is 5.82 Å². The van der Waals surface area contributed by atoms with E-state index in [9.17, 15) is 4.39 Å². The first-order valence-corrected chi connectivity index (χ1v) is 10.2. The first kappa shape index (κ1) is 20.7. The summed E-state index contributed by atoms with van der Waals surface area (Å²) in [5, 5.41) is 13.4. The van der Waals surface area contributed by atoms with E-state index in [1.807, 2.05) is 63.0 Å². The highest BCUT2D eigenvalue weighted by molar-refractivity contribution is 5.65. The average molecular weight is 420 g/mol. The molecule has 0 saturated carbocycles. The van der Waals surface area contributed by atoms with Gasteiger partial charge in [-0.3, -0.25) is 0 Å². The Morgan fingerprint density at radius 2 is 1.81 bits per heavy atom. The Labute approximate surface area is 181 Å². The molecule has 2 heterocycles. The van der Waals surface area contributed by atoms with Crippen LogP contribution in [0.25, 0.3) is 28.6 Å². The number of rotatable bonds is 5. The average Bonchev–Trinajstić information content (AvgIpc) is 3.31. The fourth-order valence-electron chi connectivity index (χ4n) is 3.57. The van der Waals surface area contributed by atoms with Crippen molar-refractivity contribution in [2.45, 2.75) is 33.7 Å². The molecular weight excluding hydrogens is 393 g/mol. The van der Waals surface area contributed by atoms with Gasteiger partial charge in [0.2, 0.25) is 0 Å². The van der Waals surface area contributed by atoms with Crippen LogP contribution in [0, 0.1) is 19.7 Å². The van der Waals surface area contributed by atoms with Crippen LogP contribution in [0.4, 0.5) is 10.1 Å². The SMILES string of the molecule is Cc1cccc(-n2nc(-c3ccc(N(C)C)c(F)c3)nc2-c2nnn(C(C)C)c2C)c1. The van der Waals surface area contributed by atoms with Crippen LogP contribution >= 0.6 is 0 Å². The summed E-state index contributed by atoms with van der Waals surface area (Å²) in [6, 6.07) is 13.2. The minimum atomic E-state index is -0.321. The highest BCUT2D eigenvalue weighted by Gasteiger charge is 2.22. The molecule has 160 valence electrons. The number of halogens is 1. The van der Waals surface area contributed by atoms with E-state index in [1.54, 1.807) is 15.6 Å². The van der Waals surface area contributed by atoms with Gasteiger partial charge in [0.05, 0.1) is 17.1 Å². The van der Waals surface area contributed by atoms with E-state index in [2.05, 4.69) is 24.2 Å². The van der Waals surface area contributed by atoms with Crippen molar-refractivity contribution >= 4 is 5.69 Å². The lowest BCUT2D eigenvalue weighted by Gasteiger charge is -2.13. The largest absolute Gasteiger partial charge is 0.375 e. The Bertz CT molecular complexity index is 1240. The molecule has 0 amide bonds. The number of aryl methyl sites for hydroxylation is 1. The van der Waals surface area contributed by atoms with Gasteiger partial charge in [-0.25, -0.2) is 18.7 Å². The van der Waals surface area contributed by atoms with Crippen LogP contribution in [0.2, 0.25) is 0 Å². The minimum absolute atomic E-state index is 0.170. The third-order valence-electron chi connectivity index (χ3n) is 5.17. The van der Waals surface area contributed by atoms with E-state index in [4.69, 9.17) is 10.1 Å². The molecule has 31 heavy (non-hydrogen) atoms. The van der Waals surface area contributed by atoms with Crippen LogP contribution in [0.1, 0.15) is 31.1 Å². The van der Waals surface area contributed by atoms with E-state index in [0.717, 1.165) is 16.9 Å². The molecule has 0 saturated heterocycles. The van der Waals surface area contributed by atoms with Gasteiger partial charge in [-0.2, -0.15) is 0 Å². The van der Waals surface area contributed by atoms with Crippen molar-refractivity contribution in [2.75, 3.05) is 19.0 Å². The number of anilines is 1. The highest BCUT2D eigenvalue weighted by Crippen LogP contribution is 2.29. The van der Waals surface area contributed by atoms with Crippen LogP contribution in [-0.2, 0) is 0 Å². The number of hydrogen-bond acceptors (Lipinski definition) is 5. The normalized spacial score (nSPS) is 11.4. The molecule has 0 N–H and O–H groups in total. The predicted molar refractivity (Wildman–Crippen MR) is 120 cm³/mol. The lowest BCUT2D eigenvalue weighted by Crippen LogP contribution is -2.10. The van der Waals surface area contributed by atoms with Gasteiger partial charge < -0.3 is 4.90 Å². The fraction of sp³-hybridized carbons (Fsp3) is 0.304. The summed E-state index contributed by atoms with van der Waals surface area (Å²) in [5.74, 6) is 0.680. The van der Waals surface area contributed by atoms with Crippen molar-refractivity contribution in [2.24, 2.45) is 0 Å². The molecule has 7 nitrogen and oxygen atoms in total. The van der Waals surface area contributed by atoms with Gasteiger partial charge in [-0.15, -0.1) is 10.2 Å². The maximum absolute atomic E-state index is 14.6. The molecule has 0 aliphatic carbocycles. The van der Waals surface area contributed by atoms with Crippen molar-refractivity contribution in [3.05, 3.63) is 59.5 Å². The third-order valence-corrected chi connectivity index (χ3v) is 5.17. The van der Waals surface area contributed by atoms with Gasteiger partial charge in [-0.05, 0) is 63.6 Å². The smallest absolute Gasteiger partial charge is 0.186 e. The lowest BCUT2D eigenvalue weighted by molar-refractivity contribution is 0.502. The number of aromatic nitrogens is 6. The van der Waals surface area contributed by atoms with Gasteiger partial charge in [0.15, 0.2) is 17.3 Å². The zero-order valence-electron chi connectivity index (χ0n) is 18.6. The Morgan fingerprint density at radius 1 is 1.03 bits per heavy atom. The van der Waals surface area contributed by atoms with E-state index < -0.39 is 0 Å². The number of hydrogen-bond donors (Lipinski definition) is 0. The summed E-state index contributed by atoms with van der Waals surface area (Å²) >= 11 is 0. The highest BCUT2D eigenvalue weighted by atomic mass is 19.1. The van der Waals surface area contributed by atoms with Crippen LogP contribution in [0.5, 0.6) is 0 Å². The van der Waals surface area contributed by atoms with Gasteiger partial charge in [0, 0.05) is 25.7 Å². The minimum Gasteiger partial charge on any atom is -0.375 e. The van der Waals surface area contributed by atoms with Crippen molar-refractivity contribution in [3.8, 4) is 28.6 Å². The van der Waals surface area contributed by atoms with Crippen molar-refractivity contribution in [1.82, 2.24) is 29.8 Å². The molecule has 8 heteroatoms. The first-order valence-electron chi connectivity index (χ1n) is 10.2. The van der Waals surface area contributed by atoms with Crippen molar-refractivity contribution in [3.63, 3.8) is 0 Å². The summed E-state index contributed by atoms with van der Waals surface area (Å²) < 4.78 is 18.2. The Kier molecular flexibility index (Phi) is 5.31. The molecular formula is C23H26FN7. The first-order chi connectivity index (χ1) is 14.8. The molecule has 0 aliphatic rings. The van der Waals surface area contributed by atoms with E-state index in [-0.39, 0.29) is 11.9 Å². The van der Waals surface area contributed by atoms with E-state index in [1.165, 1.54) is 6.07 Å². The maximum Gasteiger partial charge on any atom is 0.186 e. The fourth-order valence-corrected chi connectivity index (χ4v) is 3.57. The summed E-state index contributed by atoms with van der Waals surface area (Å²) in [6.07, 6.45) is 0.